The van der Waals surface area contributed by atoms with Gasteiger partial charge in [0.25, 0.3) is 0 Å². The lowest BCUT2D eigenvalue weighted by Crippen LogP contribution is -1.88. The largest absolute Gasteiger partial charge is 0.152 e. The molecule has 1 aliphatic carbocycles. The molecule has 1 heteroatoms. The number of thiophene rings is 1. The molecule has 0 amide bonds. The van der Waals surface area contributed by atoms with E-state index in [0.717, 1.165) is 0 Å². The van der Waals surface area contributed by atoms with E-state index < -0.39 is 0 Å². The average Bonchev–Trinajstić information content (AvgIpc) is 2.56. The topological polar surface area (TPSA) is 0 Å². The summed E-state index contributed by atoms with van der Waals surface area (Å²) >= 11 is 1.77. The van der Waals surface area contributed by atoms with Crippen LogP contribution in [0.4, 0.5) is 0 Å². The Morgan fingerprint density at radius 3 is 3.00 bits per heavy atom. The Kier molecular flexibility index (Phi) is 2.13. The second-order valence-electron chi connectivity index (χ2n) is 3.17. The first-order valence-electron chi connectivity index (χ1n) is 4.26. The van der Waals surface area contributed by atoms with Crippen molar-refractivity contribution in [1.29, 1.82) is 0 Å². The van der Waals surface area contributed by atoms with Crippen LogP contribution in [0.1, 0.15) is 25.3 Å². The van der Waals surface area contributed by atoms with Gasteiger partial charge < -0.3 is 0 Å². The Hall–Kier alpha value is -0.820. The highest BCUT2D eigenvalue weighted by molar-refractivity contribution is 7.08. The maximum absolute atomic E-state index is 2.30. The molecule has 0 saturated carbocycles. The molecule has 0 radical (unpaired) electrons. The zero-order valence-electron chi connectivity index (χ0n) is 7.21. The highest BCUT2D eigenvalue weighted by Gasteiger charge is 2.04. The quantitative estimate of drug-likeness (QED) is 0.609. The summed E-state index contributed by atoms with van der Waals surface area (Å²) in [7, 11) is 0. The predicted molar refractivity (Wildman–Crippen MR) is 55.3 cm³/mol. The number of hydrogen-bond donors (Lipinski definition) is 0. The third-order valence-electron chi connectivity index (χ3n) is 2.17. The van der Waals surface area contributed by atoms with Crippen molar-refractivity contribution >= 4 is 16.9 Å². The molecule has 0 saturated heterocycles. The van der Waals surface area contributed by atoms with E-state index in [1.54, 1.807) is 11.3 Å². The van der Waals surface area contributed by atoms with Crippen molar-refractivity contribution in [3.63, 3.8) is 0 Å². The molecule has 0 aromatic carbocycles. The van der Waals surface area contributed by atoms with Gasteiger partial charge >= 0.3 is 0 Å². The maximum atomic E-state index is 2.30. The molecule has 12 heavy (non-hydrogen) atoms. The van der Waals surface area contributed by atoms with Gasteiger partial charge in [0.2, 0.25) is 0 Å². The minimum atomic E-state index is 1.20. The van der Waals surface area contributed by atoms with E-state index >= 15 is 0 Å². The van der Waals surface area contributed by atoms with Gasteiger partial charge in [0.05, 0.1) is 0 Å². The fraction of sp³-hybridized carbons (Fsp3) is 0.273. The van der Waals surface area contributed by atoms with Gasteiger partial charge in [0.15, 0.2) is 0 Å². The van der Waals surface area contributed by atoms with E-state index in [4.69, 9.17) is 0 Å². The van der Waals surface area contributed by atoms with Crippen molar-refractivity contribution in [3.8, 4) is 0 Å². The lowest BCUT2D eigenvalue weighted by atomic mass is 9.96. The van der Waals surface area contributed by atoms with Crippen LogP contribution in [0, 0.1) is 0 Å². The second-order valence-corrected chi connectivity index (χ2v) is 3.95. The minimum absolute atomic E-state index is 1.20. The highest BCUT2D eigenvalue weighted by Crippen LogP contribution is 2.27. The first-order chi connectivity index (χ1) is 5.86. The van der Waals surface area contributed by atoms with Crippen molar-refractivity contribution in [3.05, 3.63) is 40.1 Å². The lowest BCUT2D eigenvalue weighted by molar-refractivity contribution is 1.04. The molecule has 0 atom stereocenters. The normalized spacial score (nSPS) is 17.1. The van der Waals surface area contributed by atoms with Gasteiger partial charge in [-0.1, -0.05) is 17.7 Å². The van der Waals surface area contributed by atoms with Crippen LogP contribution in [0.3, 0.4) is 0 Å². The summed E-state index contributed by atoms with van der Waals surface area (Å²) in [5.74, 6) is 0. The summed E-state index contributed by atoms with van der Waals surface area (Å²) < 4.78 is 0. The van der Waals surface area contributed by atoms with E-state index in [1.807, 2.05) is 0 Å². The van der Waals surface area contributed by atoms with Crippen molar-refractivity contribution in [2.45, 2.75) is 19.8 Å². The molecule has 0 nitrogen and oxygen atoms in total. The zero-order chi connectivity index (χ0) is 8.39. The van der Waals surface area contributed by atoms with Gasteiger partial charge in [-0.15, -0.1) is 0 Å². The van der Waals surface area contributed by atoms with E-state index in [2.05, 4.69) is 35.9 Å². The molecular formula is C11H12S. The summed E-state index contributed by atoms with van der Waals surface area (Å²) in [6.45, 7) is 2.17. The number of rotatable bonds is 1. The van der Waals surface area contributed by atoms with Crippen molar-refractivity contribution in [2.75, 3.05) is 0 Å². The molecule has 0 unspecified atom stereocenters. The van der Waals surface area contributed by atoms with Gasteiger partial charge in [-0.25, -0.2) is 0 Å². The highest BCUT2D eigenvalue weighted by atomic mass is 32.1. The van der Waals surface area contributed by atoms with Crippen LogP contribution in [0.15, 0.2) is 34.6 Å². The zero-order valence-corrected chi connectivity index (χ0v) is 8.03. The first-order valence-corrected chi connectivity index (χ1v) is 5.20. The molecule has 0 N–H and O–H groups in total. The molecule has 1 aromatic rings. The summed E-state index contributed by atoms with van der Waals surface area (Å²) in [4.78, 5) is 0. The summed E-state index contributed by atoms with van der Waals surface area (Å²) in [6, 6.07) is 2.20. The smallest absolute Gasteiger partial charge is 0.00180 e. The van der Waals surface area contributed by atoms with E-state index in [-0.39, 0.29) is 0 Å². The Bertz CT molecular complexity index is 315. The molecule has 2 rings (SSSR count). The summed E-state index contributed by atoms with van der Waals surface area (Å²) in [5.41, 5.74) is 4.31. The van der Waals surface area contributed by atoms with Gasteiger partial charge in [0.1, 0.15) is 0 Å². The molecule has 0 aliphatic heterocycles. The van der Waals surface area contributed by atoms with E-state index in [1.165, 1.54) is 29.6 Å². The Labute approximate surface area is 77.2 Å². The fourth-order valence-corrected chi connectivity index (χ4v) is 2.22. The third kappa shape index (κ3) is 1.51. The molecular weight excluding hydrogens is 164 g/mol. The van der Waals surface area contributed by atoms with Gasteiger partial charge in [-0.3, -0.25) is 0 Å². The number of allylic oxidation sites excluding steroid dienone is 4. The van der Waals surface area contributed by atoms with Gasteiger partial charge in [-0.2, -0.15) is 11.3 Å². The Balaban J connectivity index is 2.31. The predicted octanol–water partition coefficient (Wildman–Crippen LogP) is 3.87. The van der Waals surface area contributed by atoms with E-state index in [0.29, 0.717) is 0 Å². The van der Waals surface area contributed by atoms with Crippen LogP contribution in [0.2, 0.25) is 0 Å². The third-order valence-corrected chi connectivity index (χ3v) is 2.86. The summed E-state index contributed by atoms with van der Waals surface area (Å²) in [6.07, 6.45) is 7.00. The standard InChI is InChI=1S/C11H12S/c1-9-3-2-4-10(7-9)11-5-6-12-8-11/h3,5-8H,2,4H2,1H3. The van der Waals surface area contributed by atoms with Crippen LogP contribution in [-0.4, -0.2) is 0 Å². The minimum Gasteiger partial charge on any atom is -0.152 e. The van der Waals surface area contributed by atoms with E-state index in [9.17, 15) is 0 Å². The Morgan fingerprint density at radius 2 is 2.33 bits per heavy atom. The van der Waals surface area contributed by atoms with Gasteiger partial charge in [-0.05, 0) is 47.7 Å². The Morgan fingerprint density at radius 1 is 1.42 bits per heavy atom. The number of hydrogen-bond acceptors (Lipinski definition) is 1. The van der Waals surface area contributed by atoms with Crippen LogP contribution < -0.4 is 0 Å². The lowest BCUT2D eigenvalue weighted by Gasteiger charge is -2.09. The van der Waals surface area contributed by atoms with Gasteiger partial charge in [0, 0.05) is 0 Å². The average molecular weight is 176 g/mol. The van der Waals surface area contributed by atoms with Crippen molar-refractivity contribution in [2.24, 2.45) is 0 Å². The van der Waals surface area contributed by atoms with Crippen LogP contribution in [0.25, 0.3) is 5.57 Å². The molecule has 1 aromatic heterocycles. The molecule has 0 fully saturated rings. The van der Waals surface area contributed by atoms with Crippen molar-refractivity contribution in [1.82, 2.24) is 0 Å². The van der Waals surface area contributed by atoms with Crippen LogP contribution in [0.5, 0.6) is 0 Å². The molecule has 0 bridgehead atoms. The van der Waals surface area contributed by atoms with Crippen molar-refractivity contribution < 1.29 is 0 Å². The molecule has 1 aliphatic rings. The van der Waals surface area contributed by atoms with Crippen LogP contribution in [-0.2, 0) is 0 Å². The summed E-state index contributed by atoms with van der Waals surface area (Å²) in [5, 5.41) is 4.37. The SMILES string of the molecule is CC1=CCCC(c2ccsc2)=C1. The monoisotopic (exact) mass is 176 g/mol. The van der Waals surface area contributed by atoms with Crippen LogP contribution >= 0.6 is 11.3 Å². The first kappa shape index (κ1) is 7.81. The molecule has 0 spiro atoms. The molecule has 1 heterocycles. The molecule has 62 valence electrons. The second kappa shape index (κ2) is 3.28. The fourth-order valence-electron chi connectivity index (χ4n) is 1.54. The maximum Gasteiger partial charge on any atom is -0.00180 e.